The van der Waals surface area contributed by atoms with Gasteiger partial charge in [0.15, 0.2) is 5.16 Å². The van der Waals surface area contributed by atoms with Gasteiger partial charge in [-0.3, -0.25) is 4.79 Å². The van der Waals surface area contributed by atoms with Crippen LogP contribution in [-0.4, -0.2) is 21.6 Å². The summed E-state index contributed by atoms with van der Waals surface area (Å²) in [5, 5.41) is 0.477. The Balaban J connectivity index is 2.14. The Morgan fingerprint density at radius 1 is 1.32 bits per heavy atom. The zero-order valence-corrected chi connectivity index (χ0v) is 11.2. The van der Waals surface area contributed by atoms with Crippen molar-refractivity contribution in [3.05, 3.63) is 42.1 Å². The number of nitrogens with two attached hydrogens (primary N) is 1. The second kappa shape index (κ2) is 6.19. The zero-order chi connectivity index (χ0) is 13.7. The van der Waals surface area contributed by atoms with Crippen molar-refractivity contribution in [3.8, 4) is 11.6 Å². The summed E-state index contributed by atoms with van der Waals surface area (Å²) in [4.78, 5) is 19.2. The molecule has 1 heterocycles. The summed E-state index contributed by atoms with van der Waals surface area (Å²) in [7, 11) is 0. The predicted molar refractivity (Wildman–Crippen MR) is 73.2 cm³/mol. The smallest absolute Gasteiger partial charge is 0.227 e. The Labute approximate surface area is 115 Å². The van der Waals surface area contributed by atoms with Gasteiger partial charge in [-0.1, -0.05) is 30.0 Å². The lowest BCUT2D eigenvalue weighted by Gasteiger charge is -2.06. The minimum Gasteiger partial charge on any atom is -0.439 e. The molecule has 0 atom stereocenters. The predicted octanol–water partition coefficient (Wildman–Crippen LogP) is 2.15. The van der Waals surface area contributed by atoms with Gasteiger partial charge in [0.05, 0.1) is 5.75 Å². The third-order valence-corrected chi connectivity index (χ3v) is 2.99. The van der Waals surface area contributed by atoms with Crippen molar-refractivity contribution in [2.45, 2.75) is 12.1 Å². The van der Waals surface area contributed by atoms with E-state index < -0.39 is 5.91 Å². The molecule has 2 N–H and O–H groups in total. The van der Waals surface area contributed by atoms with E-state index in [1.165, 1.54) is 11.8 Å². The number of primary amides is 1. The number of rotatable bonds is 5. The van der Waals surface area contributed by atoms with Crippen LogP contribution in [0, 0.1) is 6.92 Å². The number of thioether (sulfide) groups is 1. The molecule has 6 heteroatoms. The number of amides is 1. The second-order valence-electron chi connectivity index (χ2n) is 3.80. The van der Waals surface area contributed by atoms with Gasteiger partial charge in [0.2, 0.25) is 11.8 Å². The lowest BCUT2D eigenvalue weighted by atomic mass is 10.3. The quantitative estimate of drug-likeness (QED) is 0.668. The van der Waals surface area contributed by atoms with Crippen molar-refractivity contribution < 1.29 is 9.53 Å². The molecule has 0 aliphatic heterocycles. The van der Waals surface area contributed by atoms with Gasteiger partial charge < -0.3 is 10.5 Å². The standard InChI is InChI=1S/C13H13N3O2S/c1-9-7-12(18-10-5-3-2-4-6-10)16-13(15-9)19-8-11(14)17/h2-7H,8H2,1H3,(H2,14,17). The molecule has 0 saturated heterocycles. The SMILES string of the molecule is Cc1cc(Oc2ccccc2)nc(SCC(N)=O)n1. The number of hydrogen-bond donors (Lipinski definition) is 1. The number of para-hydroxylation sites is 1. The summed E-state index contributed by atoms with van der Waals surface area (Å²) in [5.74, 6) is 0.895. The number of aryl methyl sites for hydroxylation is 1. The maximum absolute atomic E-state index is 10.7. The van der Waals surface area contributed by atoms with E-state index in [0.717, 1.165) is 5.69 Å². The van der Waals surface area contributed by atoms with Crippen LogP contribution in [0.25, 0.3) is 0 Å². The van der Waals surface area contributed by atoms with Crippen LogP contribution in [0.15, 0.2) is 41.6 Å². The molecule has 98 valence electrons. The maximum atomic E-state index is 10.7. The van der Waals surface area contributed by atoms with Crippen LogP contribution in [0.5, 0.6) is 11.6 Å². The molecule has 1 aromatic heterocycles. The van der Waals surface area contributed by atoms with E-state index >= 15 is 0 Å². The normalized spacial score (nSPS) is 10.2. The van der Waals surface area contributed by atoms with Crippen molar-refractivity contribution in [2.75, 3.05) is 5.75 Å². The molecule has 1 amide bonds. The van der Waals surface area contributed by atoms with Crippen LogP contribution in [0.4, 0.5) is 0 Å². The number of hydrogen-bond acceptors (Lipinski definition) is 5. The van der Waals surface area contributed by atoms with E-state index in [0.29, 0.717) is 16.8 Å². The zero-order valence-electron chi connectivity index (χ0n) is 10.4. The molecular formula is C13H13N3O2S. The summed E-state index contributed by atoms with van der Waals surface area (Å²) < 4.78 is 5.63. The Bertz CT molecular complexity index is 575. The van der Waals surface area contributed by atoms with Crippen LogP contribution in [0.2, 0.25) is 0 Å². The van der Waals surface area contributed by atoms with E-state index in [-0.39, 0.29) is 5.75 Å². The van der Waals surface area contributed by atoms with E-state index in [1.54, 1.807) is 6.07 Å². The third kappa shape index (κ3) is 4.26. The van der Waals surface area contributed by atoms with Gasteiger partial charge in [-0.2, -0.15) is 4.98 Å². The lowest BCUT2D eigenvalue weighted by molar-refractivity contribution is -0.115. The molecule has 2 rings (SSSR count). The number of carbonyl (C=O) groups excluding carboxylic acids is 1. The average Bonchev–Trinajstić information content (AvgIpc) is 2.37. The fourth-order valence-electron chi connectivity index (χ4n) is 1.38. The largest absolute Gasteiger partial charge is 0.439 e. The molecule has 0 spiro atoms. The van der Waals surface area contributed by atoms with Crippen molar-refractivity contribution >= 4 is 17.7 Å². The number of benzene rings is 1. The molecule has 19 heavy (non-hydrogen) atoms. The van der Waals surface area contributed by atoms with Crippen molar-refractivity contribution in [1.29, 1.82) is 0 Å². The van der Waals surface area contributed by atoms with E-state index in [2.05, 4.69) is 9.97 Å². The molecule has 0 unspecified atom stereocenters. The number of ether oxygens (including phenoxy) is 1. The molecule has 2 aromatic rings. The highest BCUT2D eigenvalue weighted by Gasteiger charge is 2.06. The maximum Gasteiger partial charge on any atom is 0.227 e. The monoisotopic (exact) mass is 275 g/mol. The van der Waals surface area contributed by atoms with E-state index in [1.807, 2.05) is 37.3 Å². The highest BCUT2D eigenvalue weighted by Crippen LogP contribution is 2.22. The minimum atomic E-state index is -0.402. The first kappa shape index (κ1) is 13.4. The second-order valence-corrected chi connectivity index (χ2v) is 4.74. The molecule has 0 fully saturated rings. The highest BCUT2D eigenvalue weighted by atomic mass is 32.2. The Morgan fingerprint density at radius 2 is 2.05 bits per heavy atom. The third-order valence-electron chi connectivity index (χ3n) is 2.12. The van der Waals surface area contributed by atoms with Gasteiger partial charge >= 0.3 is 0 Å². The molecule has 5 nitrogen and oxygen atoms in total. The Hall–Kier alpha value is -2.08. The molecule has 1 aromatic carbocycles. The number of carbonyl (C=O) groups is 1. The fourth-order valence-corrected chi connectivity index (χ4v) is 2.01. The molecule has 0 saturated carbocycles. The summed E-state index contributed by atoms with van der Waals surface area (Å²) in [6.45, 7) is 1.84. The first-order chi connectivity index (χ1) is 9.13. The van der Waals surface area contributed by atoms with Crippen molar-refractivity contribution in [2.24, 2.45) is 5.73 Å². The van der Waals surface area contributed by atoms with Gasteiger partial charge in [0.25, 0.3) is 0 Å². The molecule has 0 aliphatic carbocycles. The van der Waals surface area contributed by atoms with Gasteiger partial charge in [-0.15, -0.1) is 0 Å². The van der Waals surface area contributed by atoms with Gasteiger partial charge in [0, 0.05) is 11.8 Å². The molecule has 0 bridgehead atoms. The van der Waals surface area contributed by atoms with Gasteiger partial charge in [-0.25, -0.2) is 4.98 Å². The average molecular weight is 275 g/mol. The van der Waals surface area contributed by atoms with Crippen LogP contribution >= 0.6 is 11.8 Å². The first-order valence-corrected chi connectivity index (χ1v) is 6.62. The minimum absolute atomic E-state index is 0.147. The fraction of sp³-hybridized carbons (Fsp3) is 0.154. The van der Waals surface area contributed by atoms with Gasteiger partial charge in [0.1, 0.15) is 5.75 Å². The summed E-state index contributed by atoms with van der Waals surface area (Å²) in [6, 6.07) is 11.1. The Morgan fingerprint density at radius 3 is 2.74 bits per heavy atom. The lowest BCUT2D eigenvalue weighted by Crippen LogP contribution is -2.13. The van der Waals surface area contributed by atoms with Crippen LogP contribution < -0.4 is 10.5 Å². The topological polar surface area (TPSA) is 78.1 Å². The molecule has 0 radical (unpaired) electrons. The van der Waals surface area contributed by atoms with Crippen molar-refractivity contribution in [1.82, 2.24) is 9.97 Å². The van der Waals surface area contributed by atoms with Crippen LogP contribution in [-0.2, 0) is 4.79 Å². The number of aromatic nitrogens is 2. The van der Waals surface area contributed by atoms with E-state index in [9.17, 15) is 4.79 Å². The van der Waals surface area contributed by atoms with Crippen LogP contribution in [0.3, 0.4) is 0 Å². The highest BCUT2D eigenvalue weighted by molar-refractivity contribution is 7.99. The number of nitrogens with zero attached hydrogens (tertiary/aromatic N) is 2. The van der Waals surface area contributed by atoms with E-state index in [4.69, 9.17) is 10.5 Å². The summed E-state index contributed by atoms with van der Waals surface area (Å²) in [6.07, 6.45) is 0. The molecule has 0 aliphatic rings. The first-order valence-electron chi connectivity index (χ1n) is 5.63. The Kier molecular flexibility index (Phi) is 4.35. The summed E-state index contributed by atoms with van der Waals surface area (Å²) >= 11 is 1.19. The summed E-state index contributed by atoms with van der Waals surface area (Å²) in [5.41, 5.74) is 5.86. The van der Waals surface area contributed by atoms with Gasteiger partial charge in [-0.05, 0) is 19.1 Å². The van der Waals surface area contributed by atoms with Crippen molar-refractivity contribution in [3.63, 3.8) is 0 Å². The molecular weight excluding hydrogens is 262 g/mol. The van der Waals surface area contributed by atoms with Crippen LogP contribution in [0.1, 0.15) is 5.69 Å².